The molecule has 0 aliphatic carbocycles. The number of nitrogens with zero attached hydrogens (tertiary/aromatic N) is 1. The molecule has 2 aromatic heterocycles. The first-order chi connectivity index (χ1) is 15.4. The highest BCUT2D eigenvalue weighted by Crippen LogP contribution is 2.31. The average molecular weight is 452 g/mol. The fourth-order valence-corrected chi connectivity index (χ4v) is 3.89. The fourth-order valence-electron chi connectivity index (χ4n) is 2.96. The van der Waals surface area contributed by atoms with E-state index in [1.165, 1.54) is 30.6 Å². The van der Waals surface area contributed by atoms with Crippen LogP contribution >= 0.6 is 11.3 Å². The normalized spacial score (nSPS) is 10.9. The zero-order valence-electron chi connectivity index (χ0n) is 17.7. The van der Waals surface area contributed by atoms with Crippen molar-refractivity contribution in [1.82, 2.24) is 15.8 Å². The molecule has 2 N–H and O–H groups in total. The van der Waals surface area contributed by atoms with E-state index in [1.807, 2.05) is 38.1 Å². The van der Waals surface area contributed by atoms with Gasteiger partial charge in [0.15, 0.2) is 28.0 Å². The van der Waals surface area contributed by atoms with Gasteiger partial charge in [0.05, 0.1) is 23.4 Å². The van der Waals surface area contributed by atoms with Crippen LogP contribution in [0.15, 0.2) is 59.0 Å². The van der Waals surface area contributed by atoms with Crippen LogP contribution < -0.4 is 20.3 Å². The largest absolute Gasteiger partial charge is 0.493 e. The lowest BCUT2D eigenvalue weighted by Gasteiger charge is -2.14. The van der Waals surface area contributed by atoms with Crippen LogP contribution in [0.25, 0.3) is 21.0 Å². The summed E-state index contributed by atoms with van der Waals surface area (Å²) < 4.78 is 17.6. The molecule has 0 unspecified atom stereocenters. The van der Waals surface area contributed by atoms with E-state index < -0.39 is 11.8 Å². The van der Waals surface area contributed by atoms with Crippen LogP contribution in [0.2, 0.25) is 0 Å². The standard InChI is InChI=1S/C23H21N3O5S/c1-13(2)30-16-9-8-14(12-19(16)29-3)21(27)25-26-22(28)17-10-11-18(31-17)23-24-15-6-4-5-7-20(15)32-23/h4-13H,1-3H3,(H,25,27)(H,26,28). The molecule has 0 spiro atoms. The maximum absolute atomic E-state index is 12.4. The van der Waals surface area contributed by atoms with Gasteiger partial charge in [-0.2, -0.15) is 0 Å². The Morgan fingerprint density at radius 1 is 1.00 bits per heavy atom. The molecule has 2 heterocycles. The number of ether oxygens (including phenoxy) is 2. The van der Waals surface area contributed by atoms with Crippen molar-refractivity contribution in [3.63, 3.8) is 0 Å². The van der Waals surface area contributed by atoms with Crippen LogP contribution in [-0.4, -0.2) is 30.0 Å². The molecule has 0 radical (unpaired) electrons. The van der Waals surface area contributed by atoms with Crippen molar-refractivity contribution >= 4 is 33.4 Å². The molecule has 4 rings (SSSR count). The van der Waals surface area contributed by atoms with E-state index in [0.29, 0.717) is 27.8 Å². The number of nitrogens with one attached hydrogen (secondary N) is 2. The van der Waals surface area contributed by atoms with E-state index in [0.717, 1.165) is 10.2 Å². The highest BCUT2D eigenvalue weighted by atomic mass is 32.1. The Morgan fingerprint density at radius 2 is 1.78 bits per heavy atom. The molecule has 0 atom stereocenters. The van der Waals surface area contributed by atoms with Crippen molar-refractivity contribution in [2.45, 2.75) is 20.0 Å². The molecule has 0 aliphatic heterocycles. The zero-order valence-corrected chi connectivity index (χ0v) is 18.5. The number of hydrazine groups is 1. The number of hydrogen-bond donors (Lipinski definition) is 2. The molecule has 0 fully saturated rings. The third-order valence-electron chi connectivity index (χ3n) is 4.41. The van der Waals surface area contributed by atoms with Crippen LogP contribution in [0.1, 0.15) is 34.8 Å². The van der Waals surface area contributed by atoms with Crippen molar-refractivity contribution in [2.24, 2.45) is 0 Å². The zero-order chi connectivity index (χ0) is 22.7. The molecule has 0 saturated carbocycles. The predicted molar refractivity (Wildman–Crippen MR) is 121 cm³/mol. The lowest BCUT2D eigenvalue weighted by molar-refractivity contribution is 0.0831. The van der Waals surface area contributed by atoms with Crippen molar-refractivity contribution in [3.8, 4) is 22.3 Å². The fraction of sp³-hybridized carbons (Fsp3) is 0.174. The summed E-state index contributed by atoms with van der Waals surface area (Å²) >= 11 is 1.47. The van der Waals surface area contributed by atoms with Gasteiger partial charge in [-0.15, -0.1) is 11.3 Å². The number of hydrogen-bond acceptors (Lipinski definition) is 7. The number of para-hydroxylation sites is 1. The van der Waals surface area contributed by atoms with Gasteiger partial charge in [-0.05, 0) is 56.3 Å². The third-order valence-corrected chi connectivity index (χ3v) is 5.46. The summed E-state index contributed by atoms with van der Waals surface area (Å²) in [5.74, 6) is 0.388. The van der Waals surface area contributed by atoms with Crippen molar-refractivity contribution in [1.29, 1.82) is 0 Å². The van der Waals surface area contributed by atoms with Gasteiger partial charge in [-0.3, -0.25) is 20.4 Å². The summed E-state index contributed by atoms with van der Waals surface area (Å²) in [6.07, 6.45) is -0.0381. The van der Waals surface area contributed by atoms with E-state index >= 15 is 0 Å². The first-order valence-electron chi connectivity index (χ1n) is 9.85. The highest BCUT2D eigenvalue weighted by molar-refractivity contribution is 7.21. The number of rotatable bonds is 6. The van der Waals surface area contributed by atoms with Gasteiger partial charge in [-0.1, -0.05) is 12.1 Å². The molecule has 0 saturated heterocycles. The Balaban J connectivity index is 1.41. The second-order valence-corrected chi connectivity index (χ2v) is 8.12. The summed E-state index contributed by atoms with van der Waals surface area (Å²) in [6, 6.07) is 15.7. The van der Waals surface area contributed by atoms with Gasteiger partial charge in [0.25, 0.3) is 5.91 Å². The molecule has 9 heteroatoms. The van der Waals surface area contributed by atoms with Crippen LogP contribution in [0.4, 0.5) is 0 Å². The monoisotopic (exact) mass is 451 g/mol. The molecule has 0 bridgehead atoms. The smallest absolute Gasteiger partial charge is 0.305 e. The van der Waals surface area contributed by atoms with Crippen molar-refractivity contribution in [3.05, 3.63) is 65.9 Å². The van der Waals surface area contributed by atoms with Crippen LogP contribution in [0.5, 0.6) is 11.5 Å². The van der Waals surface area contributed by atoms with E-state index in [-0.39, 0.29) is 11.9 Å². The SMILES string of the molecule is COc1cc(C(=O)NNC(=O)c2ccc(-c3nc4ccccc4s3)o2)ccc1OC(C)C. The van der Waals surface area contributed by atoms with Crippen molar-refractivity contribution < 1.29 is 23.5 Å². The summed E-state index contributed by atoms with van der Waals surface area (Å²) in [7, 11) is 1.49. The van der Waals surface area contributed by atoms with Gasteiger partial charge in [0.2, 0.25) is 0 Å². The maximum atomic E-state index is 12.4. The number of thiazole rings is 1. The van der Waals surface area contributed by atoms with E-state index in [1.54, 1.807) is 18.2 Å². The van der Waals surface area contributed by atoms with E-state index in [9.17, 15) is 9.59 Å². The topological polar surface area (TPSA) is 103 Å². The number of benzene rings is 2. The van der Waals surface area contributed by atoms with Gasteiger partial charge >= 0.3 is 5.91 Å². The minimum absolute atomic E-state index is 0.0381. The second kappa shape index (κ2) is 9.11. The summed E-state index contributed by atoms with van der Waals surface area (Å²) in [5.41, 5.74) is 5.89. The number of furan rings is 1. The van der Waals surface area contributed by atoms with E-state index in [4.69, 9.17) is 13.9 Å². The lowest BCUT2D eigenvalue weighted by Crippen LogP contribution is -2.41. The minimum Gasteiger partial charge on any atom is -0.493 e. The second-order valence-electron chi connectivity index (χ2n) is 7.09. The van der Waals surface area contributed by atoms with Crippen LogP contribution in [0.3, 0.4) is 0 Å². The summed E-state index contributed by atoms with van der Waals surface area (Å²) in [4.78, 5) is 29.4. The van der Waals surface area contributed by atoms with Gasteiger partial charge in [0, 0.05) is 5.56 Å². The molecular formula is C23H21N3O5S. The Labute approximate surface area is 188 Å². The number of amides is 2. The number of carbonyl (C=O) groups is 2. The van der Waals surface area contributed by atoms with Crippen LogP contribution in [0, 0.1) is 0 Å². The quantitative estimate of drug-likeness (QED) is 0.421. The third kappa shape index (κ3) is 4.57. The molecule has 0 aliphatic rings. The Kier molecular flexibility index (Phi) is 6.09. The average Bonchev–Trinajstić information content (AvgIpc) is 3.44. The number of fused-ring (bicyclic) bond motifs is 1. The van der Waals surface area contributed by atoms with Crippen molar-refractivity contribution in [2.75, 3.05) is 7.11 Å². The summed E-state index contributed by atoms with van der Waals surface area (Å²) in [6.45, 7) is 3.79. The van der Waals surface area contributed by atoms with Gasteiger partial charge < -0.3 is 13.9 Å². The highest BCUT2D eigenvalue weighted by Gasteiger charge is 2.17. The van der Waals surface area contributed by atoms with Gasteiger partial charge in [-0.25, -0.2) is 4.98 Å². The number of aromatic nitrogens is 1. The molecule has 4 aromatic rings. The number of methoxy groups -OCH3 is 1. The maximum Gasteiger partial charge on any atom is 0.305 e. The first kappa shape index (κ1) is 21.4. The minimum atomic E-state index is -0.586. The Bertz CT molecular complexity index is 1240. The Morgan fingerprint density at radius 3 is 2.53 bits per heavy atom. The molecule has 2 amide bonds. The molecule has 8 nitrogen and oxygen atoms in total. The van der Waals surface area contributed by atoms with Gasteiger partial charge in [0.1, 0.15) is 0 Å². The summed E-state index contributed by atoms with van der Waals surface area (Å²) in [5, 5.41) is 0.671. The first-order valence-corrected chi connectivity index (χ1v) is 10.7. The molecule has 164 valence electrons. The number of carbonyl (C=O) groups excluding carboxylic acids is 2. The molecule has 32 heavy (non-hydrogen) atoms. The van der Waals surface area contributed by atoms with Crippen LogP contribution in [-0.2, 0) is 0 Å². The predicted octanol–water partition coefficient (Wildman–Crippen LogP) is 4.43. The van der Waals surface area contributed by atoms with E-state index in [2.05, 4.69) is 15.8 Å². The molecular weight excluding hydrogens is 430 g/mol. The molecule has 2 aromatic carbocycles. The lowest BCUT2D eigenvalue weighted by atomic mass is 10.2. The Hall–Kier alpha value is -3.85.